The predicted molar refractivity (Wildman–Crippen MR) is 62.3 cm³/mol. The SMILES string of the molecule is CCCNC(c1nccnc1OC)C1CC1. The van der Waals surface area contributed by atoms with Gasteiger partial charge in [0.2, 0.25) is 5.88 Å². The Morgan fingerprint density at radius 2 is 2.19 bits per heavy atom. The van der Waals surface area contributed by atoms with Crippen molar-refractivity contribution in [3.05, 3.63) is 18.1 Å². The lowest BCUT2D eigenvalue weighted by atomic mass is 10.1. The maximum Gasteiger partial charge on any atom is 0.237 e. The minimum Gasteiger partial charge on any atom is -0.480 e. The van der Waals surface area contributed by atoms with Gasteiger partial charge in [0.05, 0.1) is 13.2 Å². The molecule has 0 aromatic carbocycles. The van der Waals surface area contributed by atoms with E-state index in [9.17, 15) is 0 Å². The first kappa shape index (κ1) is 11.3. The summed E-state index contributed by atoms with van der Waals surface area (Å²) in [7, 11) is 1.65. The number of hydrogen-bond acceptors (Lipinski definition) is 4. The normalized spacial score (nSPS) is 17.1. The van der Waals surface area contributed by atoms with Gasteiger partial charge in [0.25, 0.3) is 0 Å². The Labute approximate surface area is 96.4 Å². The molecule has 0 spiro atoms. The van der Waals surface area contributed by atoms with Gasteiger partial charge in [-0.25, -0.2) is 4.98 Å². The summed E-state index contributed by atoms with van der Waals surface area (Å²) in [5.74, 6) is 1.36. The van der Waals surface area contributed by atoms with Gasteiger partial charge in [-0.15, -0.1) is 0 Å². The van der Waals surface area contributed by atoms with Crippen LogP contribution in [0.4, 0.5) is 0 Å². The molecule has 1 aromatic heterocycles. The molecule has 0 bridgehead atoms. The second-order valence-electron chi connectivity index (χ2n) is 4.22. The first-order valence-electron chi connectivity index (χ1n) is 5.95. The fraction of sp³-hybridized carbons (Fsp3) is 0.667. The van der Waals surface area contributed by atoms with E-state index in [1.807, 2.05) is 0 Å². The van der Waals surface area contributed by atoms with E-state index in [1.165, 1.54) is 12.8 Å². The van der Waals surface area contributed by atoms with Crippen molar-refractivity contribution in [1.82, 2.24) is 15.3 Å². The molecule has 2 rings (SSSR count). The molecule has 4 nitrogen and oxygen atoms in total. The van der Waals surface area contributed by atoms with Crippen molar-refractivity contribution in [3.63, 3.8) is 0 Å². The molecule has 4 heteroatoms. The Hall–Kier alpha value is -1.16. The standard InChI is InChI=1S/C12H19N3O/c1-3-6-13-10(9-4-5-9)11-12(16-2)15-8-7-14-11/h7-10,13H,3-6H2,1-2H3. The average molecular weight is 221 g/mol. The Morgan fingerprint density at radius 1 is 1.44 bits per heavy atom. The first-order chi connectivity index (χ1) is 7.86. The molecule has 16 heavy (non-hydrogen) atoms. The van der Waals surface area contributed by atoms with E-state index in [0.717, 1.165) is 18.7 Å². The molecular weight excluding hydrogens is 202 g/mol. The van der Waals surface area contributed by atoms with Gasteiger partial charge < -0.3 is 10.1 Å². The van der Waals surface area contributed by atoms with Crippen molar-refractivity contribution < 1.29 is 4.74 Å². The number of nitrogens with zero attached hydrogens (tertiary/aromatic N) is 2. The third kappa shape index (κ3) is 2.50. The van der Waals surface area contributed by atoms with Gasteiger partial charge in [0, 0.05) is 12.4 Å². The number of hydrogen-bond donors (Lipinski definition) is 1. The largest absolute Gasteiger partial charge is 0.480 e. The van der Waals surface area contributed by atoms with Gasteiger partial charge in [-0.2, -0.15) is 0 Å². The molecule has 0 aliphatic heterocycles. The summed E-state index contributed by atoms with van der Waals surface area (Å²) in [5, 5.41) is 3.54. The lowest BCUT2D eigenvalue weighted by molar-refractivity contribution is 0.369. The summed E-state index contributed by atoms with van der Waals surface area (Å²) in [6.45, 7) is 3.19. The Balaban J connectivity index is 2.16. The number of methoxy groups -OCH3 is 1. The van der Waals surface area contributed by atoms with Crippen LogP contribution in [0.25, 0.3) is 0 Å². The molecule has 1 atom stereocenters. The van der Waals surface area contributed by atoms with Crippen LogP contribution in [-0.2, 0) is 0 Å². The zero-order chi connectivity index (χ0) is 11.4. The van der Waals surface area contributed by atoms with E-state index in [2.05, 4.69) is 22.2 Å². The Morgan fingerprint density at radius 3 is 2.81 bits per heavy atom. The van der Waals surface area contributed by atoms with Gasteiger partial charge in [-0.3, -0.25) is 4.98 Å². The third-order valence-corrected chi connectivity index (χ3v) is 2.89. The lowest BCUT2D eigenvalue weighted by Crippen LogP contribution is -2.25. The first-order valence-corrected chi connectivity index (χ1v) is 5.95. The zero-order valence-electron chi connectivity index (χ0n) is 9.94. The minimum absolute atomic E-state index is 0.309. The second kappa shape index (κ2) is 5.25. The van der Waals surface area contributed by atoms with E-state index >= 15 is 0 Å². The van der Waals surface area contributed by atoms with Crippen LogP contribution < -0.4 is 10.1 Å². The summed E-state index contributed by atoms with van der Waals surface area (Å²) in [6, 6.07) is 0.309. The van der Waals surface area contributed by atoms with Crippen LogP contribution in [0, 0.1) is 5.92 Å². The van der Waals surface area contributed by atoms with Crippen molar-refractivity contribution in [3.8, 4) is 5.88 Å². The molecule has 1 heterocycles. The highest BCUT2D eigenvalue weighted by molar-refractivity contribution is 5.23. The van der Waals surface area contributed by atoms with Crippen molar-refractivity contribution in [1.29, 1.82) is 0 Å². The highest BCUT2D eigenvalue weighted by atomic mass is 16.5. The van der Waals surface area contributed by atoms with Crippen LogP contribution in [0.3, 0.4) is 0 Å². The van der Waals surface area contributed by atoms with Crippen LogP contribution in [0.5, 0.6) is 5.88 Å². The van der Waals surface area contributed by atoms with Crippen LogP contribution >= 0.6 is 0 Å². The number of aromatic nitrogens is 2. The van der Waals surface area contributed by atoms with Gasteiger partial charge in [0.15, 0.2) is 0 Å². The maximum absolute atomic E-state index is 5.27. The van der Waals surface area contributed by atoms with E-state index in [1.54, 1.807) is 19.5 Å². The molecular formula is C12H19N3O. The number of ether oxygens (including phenoxy) is 1. The zero-order valence-corrected chi connectivity index (χ0v) is 9.94. The molecule has 1 aliphatic carbocycles. The van der Waals surface area contributed by atoms with Gasteiger partial charge in [-0.05, 0) is 31.7 Å². The van der Waals surface area contributed by atoms with Crippen LogP contribution in [0.2, 0.25) is 0 Å². The Bertz CT molecular complexity index is 339. The highest BCUT2D eigenvalue weighted by Gasteiger charge is 2.34. The van der Waals surface area contributed by atoms with Crippen molar-refractivity contribution in [2.75, 3.05) is 13.7 Å². The second-order valence-corrected chi connectivity index (χ2v) is 4.22. The smallest absolute Gasteiger partial charge is 0.237 e. The maximum atomic E-state index is 5.27. The third-order valence-electron chi connectivity index (χ3n) is 2.89. The summed E-state index contributed by atoms with van der Waals surface area (Å²) < 4.78 is 5.27. The van der Waals surface area contributed by atoms with Crippen molar-refractivity contribution in [2.24, 2.45) is 5.92 Å². The molecule has 1 N–H and O–H groups in total. The van der Waals surface area contributed by atoms with E-state index in [-0.39, 0.29) is 0 Å². The summed E-state index contributed by atoms with van der Waals surface area (Å²) in [6.07, 6.45) is 7.10. The number of rotatable bonds is 6. The van der Waals surface area contributed by atoms with Gasteiger partial charge in [-0.1, -0.05) is 6.92 Å². The highest BCUT2D eigenvalue weighted by Crippen LogP contribution is 2.42. The van der Waals surface area contributed by atoms with Gasteiger partial charge in [0.1, 0.15) is 5.69 Å². The average Bonchev–Trinajstić information content (AvgIpc) is 3.14. The van der Waals surface area contributed by atoms with Crippen molar-refractivity contribution in [2.45, 2.75) is 32.2 Å². The van der Waals surface area contributed by atoms with E-state index in [4.69, 9.17) is 4.74 Å². The fourth-order valence-electron chi connectivity index (χ4n) is 1.92. The minimum atomic E-state index is 0.309. The number of nitrogens with one attached hydrogen (secondary N) is 1. The molecule has 1 saturated carbocycles. The van der Waals surface area contributed by atoms with Crippen LogP contribution in [-0.4, -0.2) is 23.6 Å². The predicted octanol–water partition coefficient (Wildman–Crippen LogP) is 1.94. The fourth-order valence-corrected chi connectivity index (χ4v) is 1.92. The lowest BCUT2D eigenvalue weighted by Gasteiger charge is -2.18. The van der Waals surface area contributed by atoms with Gasteiger partial charge >= 0.3 is 0 Å². The van der Waals surface area contributed by atoms with E-state index in [0.29, 0.717) is 17.8 Å². The summed E-state index contributed by atoms with van der Waals surface area (Å²) in [4.78, 5) is 8.63. The molecule has 0 saturated heterocycles. The monoisotopic (exact) mass is 221 g/mol. The molecule has 1 unspecified atom stereocenters. The molecule has 88 valence electrons. The quantitative estimate of drug-likeness (QED) is 0.797. The molecule has 1 aromatic rings. The molecule has 1 fully saturated rings. The van der Waals surface area contributed by atoms with Crippen molar-refractivity contribution >= 4 is 0 Å². The Kier molecular flexibility index (Phi) is 3.72. The summed E-state index contributed by atoms with van der Waals surface area (Å²) >= 11 is 0. The molecule has 0 amide bonds. The molecule has 0 radical (unpaired) electrons. The van der Waals surface area contributed by atoms with E-state index < -0.39 is 0 Å². The van der Waals surface area contributed by atoms with Crippen LogP contribution in [0.1, 0.15) is 37.9 Å². The molecule has 1 aliphatic rings. The summed E-state index contributed by atoms with van der Waals surface area (Å²) in [5.41, 5.74) is 0.959. The topological polar surface area (TPSA) is 47.0 Å². The van der Waals surface area contributed by atoms with Crippen LogP contribution in [0.15, 0.2) is 12.4 Å².